The van der Waals surface area contributed by atoms with Crippen molar-refractivity contribution in [1.82, 2.24) is 4.90 Å². The van der Waals surface area contributed by atoms with Crippen molar-refractivity contribution in [2.45, 2.75) is 44.7 Å². The second-order valence-corrected chi connectivity index (χ2v) is 4.07. The molecule has 0 radical (unpaired) electrons. The second kappa shape index (κ2) is 3.55. The van der Waals surface area contributed by atoms with Crippen LogP contribution in [0.3, 0.4) is 0 Å². The molecule has 0 aliphatic carbocycles. The average Bonchev–Trinajstić information content (AvgIpc) is 2.72. The molecule has 2 fully saturated rings. The smallest absolute Gasteiger partial charge is 0.168 e. The van der Waals surface area contributed by atoms with Gasteiger partial charge in [-0.1, -0.05) is 20.4 Å². The Labute approximate surface area is 85.7 Å². The van der Waals surface area contributed by atoms with Gasteiger partial charge in [0.1, 0.15) is 12.2 Å². The van der Waals surface area contributed by atoms with Gasteiger partial charge in [0.25, 0.3) is 0 Å². The van der Waals surface area contributed by atoms with Gasteiger partial charge in [-0.25, -0.2) is 0 Å². The topological polar surface area (TPSA) is 21.7 Å². The van der Waals surface area contributed by atoms with Gasteiger partial charge in [-0.3, -0.25) is 0 Å². The Morgan fingerprint density at radius 1 is 1.29 bits per heavy atom. The van der Waals surface area contributed by atoms with Gasteiger partial charge in [0.2, 0.25) is 0 Å². The van der Waals surface area contributed by atoms with Crippen LogP contribution in [0.1, 0.15) is 26.7 Å². The second-order valence-electron chi connectivity index (χ2n) is 4.07. The zero-order valence-corrected chi connectivity index (χ0v) is 9.03. The van der Waals surface area contributed by atoms with Crippen LogP contribution < -0.4 is 0 Å². The van der Waals surface area contributed by atoms with Gasteiger partial charge in [-0.2, -0.15) is 0 Å². The predicted octanol–water partition coefficient (Wildman–Crippen LogP) is 1.75. The van der Waals surface area contributed by atoms with Gasteiger partial charge in [-0.15, -0.1) is 0 Å². The summed E-state index contributed by atoms with van der Waals surface area (Å²) in [7, 11) is 0. The lowest BCUT2D eigenvalue weighted by Crippen LogP contribution is -2.32. The fourth-order valence-corrected chi connectivity index (χ4v) is 2.31. The largest absolute Gasteiger partial charge is 0.373 e. The SMILES string of the molecule is C=CN1C[C@@H]2OC(CC)(CC)O[C@H]2C1. The normalized spacial score (nSPS) is 34.6. The number of ether oxygens (including phenoxy) is 2. The van der Waals surface area contributed by atoms with Gasteiger partial charge in [0, 0.05) is 13.1 Å². The van der Waals surface area contributed by atoms with Crippen molar-refractivity contribution in [3.8, 4) is 0 Å². The van der Waals surface area contributed by atoms with E-state index in [4.69, 9.17) is 9.47 Å². The Morgan fingerprint density at radius 3 is 2.14 bits per heavy atom. The third kappa shape index (κ3) is 1.44. The Balaban J connectivity index is 2.01. The molecule has 0 N–H and O–H groups in total. The van der Waals surface area contributed by atoms with E-state index in [2.05, 4.69) is 25.3 Å². The van der Waals surface area contributed by atoms with Gasteiger partial charge in [0.05, 0.1) is 0 Å². The van der Waals surface area contributed by atoms with E-state index in [0.717, 1.165) is 25.9 Å². The number of hydrogen-bond donors (Lipinski definition) is 0. The quantitative estimate of drug-likeness (QED) is 0.688. The molecule has 3 heteroatoms. The first kappa shape index (κ1) is 9.99. The molecular weight excluding hydrogens is 178 g/mol. The summed E-state index contributed by atoms with van der Waals surface area (Å²) in [4.78, 5) is 2.16. The molecule has 2 saturated heterocycles. The summed E-state index contributed by atoms with van der Waals surface area (Å²) in [5.74, 6) is -0.303. The lowest BCUT2D eigenvalue weighted by atomic mass is 10.1. The minimum atomic E-state index is -0.303. The molecule has 3 nitrogen and oxygen atoms in total. The average molecular weight is 197 g/mol. The summed E-state index contributed by atoms with van der Waals surface area (Å²) in [5, 5.41) is 0. The van der Waals surface area contributed by atoms with E-state index in [9.17, 15) is 0 Å². The number of hydrogen-bond acceptors (Lipinski definition) is 3. The Kier molecular flexibility index (Phi) is 2.54. The van der Waals surface area contributed by atoms with Crippen LogP contribution in [-0.4, -0.2) is 36.0 Å². The van der Waals surface area contributed by atoms with Crippen molar-refractivity contribution in [3.63, 3.8) is 0 Å². The van der Waals surface area contributed by atoms with Crippen molar-refractivity contribution < 1.29 is 9.47 Å². The first-order valence-electron chi connectivity index (χ1n) is 5.45. The maximum Gasteiger partial charge on any atom is 0.168 e. The maximum absolute atomic E-state index is 5.99. The highest BCUT2D eigenvalue weighted by atomic mass is 16.8. The molecular formula is C11H19NO2. The molecule has 2 aliphatic rings. The standard InChI is InChI=1S/C11H19NO2/c1-4-11(5-2)13-9-7-12(6-3)8-10(9)14-11/h6,9-10H,3-5,7-8H2,1-2H3/t9-,10-/m0/s1. The molecule has 80 valence electrons. The molecule has 14 heavy (non-hydrogen) atoms. The maximum atomic E-state index is 5.99. The van der Waals surface area contributed by atoms with Gasteiger partial charge >= 0.3 is 0 Å². The minimum Gasteiger partial charge on any atom is -0.373 e. The Bertz CT molecular complexity index is 209. The van der Waals surface area contributed by atoms with Gasteiger partial charge in [-0.05, 0) is 19.0 Å². The highest BCUT2D eigenvalue weighted by Gasteiger charge is 2.49. The summed E-state index contributed by atoms with van der Waals surface area (Å²) >= 11 is 0. The molecule has 0 unspecified atom stereocenters. The van der Waals surface area contributed by atoms with Crippen LogP contribution in [0.2, 0.25) is 0 Å². The fraction of sp³-hybridized carbons (Fsp3) is 0.818. The number of fused-ring (bicyclic) bond motifs is 1. The summed E-state index contributed by atoms with van der Waals surface area (Å²) in [5.41, 5.74) is 0. The van der Waals surface area contributed by atoms with Gasteiger partial charge < -0.3 is 14.4 Å². The van der Waals surface area contributed by atoms with Crippen molar-refractivity contribution in [2.24, 2.45) is 0 Å². The van der Waals surface area contributed by atoms with E-state index < -0.39 is 0 Å². The van der Waals surface area contributed by atoms with Crippen LogP contribution in [0.25, 0.3) is 0 Å². The van der Waals surface area contributed by atoms with Crippen LogP contribution in [0.4, 0.5) is 0 Å². The zero-order chi connectivity index (χ0) is 10.2. The molecule has 0 aromatic heterocycles. The molecule has 2 atom stereocenters. The first-order valence-corrected chi connectivity index (χ1v) is 5.45. The molecule has 0 bridgehead atoms. The third-order valence-corrected chi connectivity index (χ3v) is 3.31. The molecule has 2 heterocycles. The van der Waals surface area contributed by atoms with E-state index in [1.165, 1.54) is 0 Å². The summed E-state index contributed by atoms with van der Waals surface area (Å²) < 4.78 is 12.0. The van der Waals surface area contributed by atoms with Crippen molar-refractivity contribution in [1.29, 1.82) is 0 Å². The number of likely N-dealkylation sites (tertiary alicyclic amines) is 1. The van der Waals surface area contributed by atoms with Crippen molar-refractivity contribution in [2.75, 3.05) is 13.1 Å². The highest BCUT2D eigenvalue weighted by Crippen LogP contribution is 2.37. The summed E-state index contributed by atoms with van der Waals surface area (Å²) in [6.45, 7) is 9.86. The van der Waals surface area contributed by atoms with E-state index in [-0.39, 0.29) is 18.0 Å². The van der Waals surface area contributed by atoms with Crippen LogP contribution in [0, 0.1) is 0 Å². The summed E-state index contributed by atoms with van der Waals surface area (Å²) in [6, 6.07) is 0. The van der Waals surface area contributed by atoms with E-state index >= 15 is 0 Å². The van der Waals surface area contributed by atoms with Crippen LogP contribution in [0.5, 0.6) is 0 Å². The number of nitrogens with zero attached hydrogens (tertiary/aromatic N) is 1. The van der Waals surface area contributed by atoms with Crippen LogP contribution >= 0.6 is 0 Å². The lowest BCUT2D eigenvalue weighted by Gasteiger charge is -2.27. The molecule has 2 rings (SSSR count). The van der Waals surface area contributed by atoms with E-state index in [1.807, 2.05) is 6.20 Å². The highest BCUT2D eigenvalue weighted by molar-refractivity contribution is 4.96. The fourth-order valence-electron chi connectivity index (χ4n) is 2.31. The van der Waals surface area contributed by atoms with Crippen molar-refractivity contribution >= 4 is 0 Å². The molecule has 0 saturated carbocycles. The molecule has 0 aromatic carbocycles. The minimum absolute atomic E-state index is 0.243. The first-order chi connectivity index (χ1) is 6.73. The molecule has 2 aliphatic heterocycles. The van der Waals surface area contributed by atoms with E-state index in [1.54, 1.807) is 0 Å². The predicted molar refractivity (Wildman–Crippen MR) is 54.8 cm³/mol. The number of rotatable bonds is 3. The molecule has 0 amide bonds. The monoisotopic (exact) mass is 197 g/mol. The van der Waals surface area contributed by atoms with E-state index in [0.29, 0.717) is 0 Å². The van der Waals surface area contributed by atoms with Gasteiger partial charge in [0.15, 0.2) is 5.79 Å². The molecule has 0 spiro atoms. The van der Waals surface area contributed by atoms with Crippen LogP contribution in [-0.2, 0) is 9.47 Å². The summed E-state index contributed by atoms with van der Waals surface area (Å²) in [6.07, 6.45) is 4.22. The third-order valence-electron chi connectivity index (χ3n) is 3.31. The Hall–Kier alpha value is -0.540. The Morgan fingerprint density at radius 2 is 1.79 bits per heavy atom. The van der Waals surface area contributed by atoms with Crippen LogP contribution in [0.15, 0.2) is 12.8 Å². The zero-order valence-electron chi connectivity index (χ0n) is 9.03. The lowest BCUT2D eigenvalue weighted by molar-refractivity contribution is -0.185. The molecule has 0 aromatic rings. The van der Waals surface area contributed by atoms with Crippen molar-refractivity contribution in [3.05, 3.63) is 12.8 Å².